The highest BCUT2D eigenvalue weighted by molar-refractivity contribution is 5.80. The van der Waals surface area contributed by atoms with Gasteiger partial charge in [0.2, 0.25) is 0 Å². The summed E-state index contributed by atoms with van der Waals surface area (Å²) in [7, 11) is 1.72. The summed E-state index contributed by atoms with van der Waals surface area (Å²) in [5.41, 5.74) is 2.03. The number of nitrogens with zero attached hydrogens (tertiary/aromatic N) is 1. The SMILES string of the molecule is COCCCCN1CCC(C(=O)O)c2ccccc21. The molecule has 1 aromatic rings. The Balaban J connectivity index is 2.07. The van der Waals surface area contributed by atoms with E-state index in [0.717, 1.165) is 43.8 Å². The van der Waals surface area contributed by atoms with Crippen molar-refractivity contribution in [3.8, 4) is 0 Å². The lowest BCUT2D eigenvalue weighted by Crippen LogP contribution is -2.34. The van der Waals surface area contributed by atoms with E-state index in [0.29, 0.717) is 6.42 Å². The van der Waals surface area contributed by atoms with Crippen molar-refractivity contribution in [1.82, 2.24) is 0 Å². The monoisotopic (exact) mass is 263 g/mol. The molecule has 4 heteroatoms. The average molecular weight is 263 g/mol. The van der Waals surface area contributed by atoms with E-state index in [9.17, 15) is 9.90 Å². The van der Waals surface area contributed by atoms with Crippen molar-refractivity contribution in [3.63, 3.8) is 0 Å². The number of anilines is 1. The quantitative estimate of drug-likeness (QED) is 0.801. The molecule has 2 rings (SSSR count). The van der Waals surface area contributed by atoms with E-state index in [4.69, 9.17) is 4.74 Å². The van der Waals surface area contributed by atoms with Crippen LogP contribution in [0.25, 0.3) is 0 Å². The normalized spacial score (nSPS) is 18.2. The van der Waals surface area contributed by atoms with Gasteiger partial charge in [-0.05, 0) is 30.9 Å². The lowest BCUT2D eigenvalue weighted by atomic mass is 9.90. The number of aliphatic carboxylic acids is 1. The van der Waals surface area contributed by atoms with E-state index < -0.39 is 5.97 Å². The Kier molecular flexibility index (Phi) is 4.80. The summed E-state index contributed by atoms with van der Waals surface area (Å²) in [6, 6.07) is 7.87. The van der Waals surface area contributed by atoms with Gasteiger partial charge in [0, 0.05) is 32.5 Å². The van der Waals surface area contributed by atoms with Crippen LogP contribution in [0.3, 0.4) is 0 Å². The lowest BCUT2D eigenvalue weighted by molar-refractivity contribution is -0.139. The second-order valence-electron chi connectivity index (χ2n) is 4.93. The summed E-state index contributed by atoms with van der Waals surface area (Å²) in [5, 5.41) is 9.28. The summed E-state index contributed by atoms with van der Waals surface area (Å²) in [5.74, 6) is -1.07. The molecule has 0 spiro atoms. The molecule has 0 saturated heterocycles. The number of methoxy groups -OCH3 is 1. The summed E-state index contributed by atoms with van der Waals surface area (Å²) in [4.78, 5) is 13.6. The maximum atomic E-state index is 11.3. The largest absolute Gasteiger partial charge is 0.481 e. The van der Waals surface area contributed by atoms with Crippen LogP contribution in [0.4, 0.5) is 5.69 Å². The molecule has 1 heterocycles. The second kappa shape index (κ2) is 6.57. The maximum absolute atomic E-state index is 11.3. The van der Waals surface area contributed by atoms with Crippen LogP contribution in [0.15, 0.2) is 24.3 Å². The van der Waals surface area contributed by atoms with E-state index in [1.165, 1.54) is 0 Å². The Hall–Kier alpha value is -1.55. The van der Waals surface area contributed by atoms with Gasteiger partial charge in [0.1, 0.15) is 0 Å². The van der Waals surface area contributed by atoms with Crippen molar-refractivity contribution >= 4 is 11.7 Å². The van der Waals surface area contributed by atoms with Crippen molar-refractivity contribution in [2.45, 2.75) is 25.2 Å². The molecule has 0 aliphatic carbocycles. The number of unbranched alkanes of at least 4 members (excludes halogenated alkanes) is 1. The molecule has 1 N–H and O–H groups in total. The average Bonchev–Trinajstić information content (AvgIpc) is 2.43. The van der Waals surface area contributed by atoms with Gasteiger partial charge in [-0.2, -0.15) is 0 Å². The van der Waals surface area contributed by atoms with Crippen molar-refractivity contribution in [3.05, 3.63) is 29.8 Å². The first-order chi connectivity index (χ1) is 9.24. The van der Waals surface area contributed by atoms with E-state index >= 15 is 0 Å². The van der Waals surface area contributed by atoms with Crippen molar-refractivity contribution < 1.29 is 14.6 Å². The number of ether oxygens (including phenoxy) is 1. The molecule has 1 atom stereocenters. The van der Waals surface area contributed by atoms with Crippen LogP contribution in [0.2, 0.25) is 0 Å². The van der Waals surface area contributed by atoms with Gasteiger partial charge >= 0.3 is 5.97 Å². The van der Waals surface area contributed by atoms with Crippen LogP contribution in [-0.2, 0) is 9.53 Å². The van der Waals surface area contributed by atoms with Gasteiger partial charge in [-0.25, -0.2) is 0 Å². The molecule has 0 saturated carbocycles. The number of fused-ring (bicyclic) bond motifs is 1. The highest BCUT2D eigenvalue weighted by atomic mass is 16.5. The van der Waals surface area contributed by atoms with E-state index in [2.05, 4.69) is 4.90 Å². The number of carbonyl (C=O) groups is 1. The van der Waals surface area contributed by atoms with Crippen LogP contribution in [0.5, 0.6) is 0 Å². The summed E-state index contributed by atoms with van der Waals surface area (Å²) in [6.07, 6.45) is 2.80. The minimum atomic E-state index is -0.716. The van der Waals surface area contributed by atoms with E-state index in [-0.39, 0.29) is 5.92 Å². The van der Waals surface area contributed by atoms with Gasteiger partial charge in [0.25, 0.3) is 0 Å². The third-order valence-corrected chi connectivity index (χ3v) is 3.67. The molecule has 0 fully saturated rings. The minimum absolute atomic E-state index is 0.355. The van der Waals surface area contributed by atoms with Gasteiger partial charge in [-0.15, -0.1) is 0 Å². The number of rotatable bonds is 6. The zero-order valence-corrected chi connectivity index (χ0v) is 11.3. The summed E-state index contributed by atoms with van der Waals surface area (Å²) >= 11 is 0. The van der Waals surface area contributed by atoms with Crippen LogP contribution in [-0.4, -0.2) is 37.9 Å². The van der Waals surface area contributed by atoms with Crippen molar-refractivity contribution in [2.75, 3.05) is 31.7 Å². The third kappa shape index (κ3) is 3.26. The number of hydrogen-bond donors (Lipinski definition) is 1. The first kappa shape index (κ1) is 13.9. The van der Waals surface area contributed by atoms with Gasteiger partial charge in [0.15, 0.2) is 0 Å². The Morgan fingerprint density at radius 2 is 2.21 bits per heavy atom. The topological polar surface area (TPSA) is 49.8 Å². The van der Waals surface area contributed by atoms with Gasteiger partial charge in [-0.3, -0.25) is 4.79 Å². The maximum Gasteiger partial charge on any atom is 0.311 e. The summed E-state index contributed by atoms with van der Waals surface area (Å²) in [6.45, 7) is 2.57. The Morgan fingerprint density at radius 1 is 1.42 bits per heavy atom. The van der Waals surface area contributed by atoms with Gasteiger partial charge in [0.05, 0.1) is 5.92 Å². The molecule has 19 heavy (non-hydrogen) atoms. The van der Waals surface area contributed by atoms with Crippen LogP contribution in [0.1, 0.15) is 30.7 Å². The fraction of sp³-hybridized carbons (Fsp3) is 0.533. The summed E-state index contributed by atoms with van der Waals surface area (Å²) < 4.78 is 5.05. The lowest BCUT2D eigenvalue weighted by Gasteiger charge is -2.34. The predicted octanol–water partition coefficient (Wildman–Crippen LogP) is 2.49. The molecule has 1 aromatic carbocycles. The zero-order valence-electron chi connectivity index (χ0n) is 11.3. The fourth-order valence-corrected chi connectivity index (χ4v) is 2.67. The molecular formula is C15H21NO3. The zero-order chi connectivity index (χ0) is 13.7. The van der Waals surface area contributed by atoms with Gasteiger partial charge in [-0.1, -0.05) is 18.2 Å². The van der Waals surface area contributed by atoms with Crippen LogP contribution < -0.4 is 4.90 Å². The molecular weight excluding hydrogens is 242 g/mol. The smallest absolute Gasteiger partial charge is 0.311 e. The van der Waals surface area contributed by atoms with Crippen molar-refractivity contribution in [1.29, 1.82) is 0 Å². The number of carboxylic acids is 1. The highest BCUT2D eigenvalue weighted by Gasteiger charge is 2.29. The van der Waals surface area contributed by atoms with Gasteiger partial charge < -0.3 is 14.7 Å². The first-order valence-electron chi connectivity index (χ1n) is 6.79. The van der Waals surface area contributed by atoms with Crippen LogP contribution in [0, 0.1) is 0 Å². The molecule has 1 aliphatic heterocycles. The third-order valence-electron chi connectivity index (χ3n) is 3.67. The molecule has 104 valence electrons. The first-order valence-corrected chi connectivity index (χ1v) is 6.79. The molecule has 1 aliphatic rings. The number of para-hydroxylation sites is 1. The fourth-order valence-electron chi connectivity index (χ4n) is 2.67. The molecule has 0 radical (unpaired) electrons. The van der Waals surface area contributed by atoms with Crippen molar-refractivity contribution in [2.24, 2.45) is 0 Å². The molecule has 1 unspecified atom stereocenters. The Bertz CT molecular complexity index is 433. The molecule has 4 nitrogen and oxygen atoms in total. The second-order valence-corrected chi connectivity index (χ2v) is 4.93. The Labute approximate surface area is 114 Å². The minimum Gasteiger partial charge on any atom is -0.481 e. The van der Waals surface area contributed by atoms with E-state index in [1.54, 1.807) is 7.11 Å². The van der Waals surface area contributed by atoms with Crippen LogP contribution >= 0.6 is 0 Å². The Morgan fingerprint density at radius 3 is 2.95 bits per heavy atom. The molecule has 0 aromatic heterocycles. The molecule has 0 bridgehead atoms. The number of benzene rings is 1. The molecule has 0 amide bonds. The standard InChI is InChI=1S/C15H21NO3/c1-19-11-5-4-9-16-10-8-13(15(17)18)12-6-2-3-7-14(12)16/h2-3,6-7,13H,4-5,8-11H2,1H3,(H,17,18). The van der Waals surface area contributed by atoms with E-state index in [1.807, 2.05) is 24.3 Å². The number of carboxylic acid groups (broad SMARTS) is 1. The highest BCUT2D eigenvalue weighted by Crippen LogP contribution is 2.35. The number of hydrogen-bond acceptors (Lipinski definition) is 3. The predicted molar refractivity (Wildman–Crippen MR) is 74.8 cm³/mol.